The van der Waals surface area contributed by atoms with Crippen LogP contribution in [-0.4, -0.2) is 36.2 Å². The van der Waals surface area contributed by atoms with Gasteiger partial charge in [0.1, 0.15) is 6.54 Å². The number of fused-ring (bicyclic) bond motifs is 1. The lowest BCUT2D eigenvalue weighted by Crippen LogP contribution is -2.28. The zero-order valence-corrected chi connectivity index (χ0v) is 13.2. The fourth-order valence-electron chi connectivity index (χ4n) is 2.10. The number of aromatic amines is 1. The van der Waals surface area contributed by atoms with Crippen LogP contribution in [0.15, 0.2) is 12.1 Å². The first-order valence-corrected chi connectivity index (χ1v) is 7.12. The zero-order chi connectivity index (χ0) is 15.4. The Balaban J connectivity index is 2.42. The number of H-pyrrole nitrogens is 1. The summed E-state index contributed by atoms with van der Waals surface area (Å²) < 4.78 is 12.8. The first kappa shape index (κ1) is 15.4. The summed E-state index contributed by atoms with van der Waals surface area (Å²) in [7, 11) is 3.15. The van der Waals surface area contributed by atoms with Crippen molar-refractivity contribution in [3.8, 4) is 11.5 Å². The van der Waals surface area contributed by atoms with Crippen molar-refractivity contribution in [1.82, 2.24) is 14.9 Å². The standard InChI is InChI=1S/C14H19N3O3S/c1-4-5-15-13(18)8-17-10-7-12(20-3)11(19-2)6-9(10)16-14(17)21/h6-7H,4-5,8H2,1-3H3,(H,15,18)(H,16,21). The van der Waals surface area contributed by atoms with Gasteiger partial charge in [0.05, 0.1) is 25.3 Å². The Morgan fingerprint density at radius 1 is 1.33 bits per heavy atom. The number of nitrogens with one attached hydrogen (secondary N) is 2. The maximum atomic E-state index is 11.9. The molecule has 1 amide bonds. The third-order valence-corrected chi connectivity index (χ3v) is 3.48. The molecule has 1 heterocycles. The predicted molar refractivity (Wildman–Crippen MR) is 83.5 cm³/mol. The van der Waals surface area contributed by atoms with Gasteiger partial charge in [-0.05, 0) is 18.6 Å². The van der Waals surface area contributed by atoms with Crippen LogP contribution >= 0.6 is 12.2 Å². The molecule has 0 fully saturated rings. The van der Waals surface area contributed by atoms with Crippen LogP contribution in [0.4, 0.5) is 0 Å². The molecule has 6 nitrogen and oxygen atoms in total. The lowest BCUT2D eigenvalue weighted by molar-refractivity contribution is -0.121. The second-order valence-corrected chi connectivity index (χ2v) is 4.98. The highest BCUT2D eigenvalue weighted by Crippen LogP contribution is 2.31. The van der Waals surface area contributed by atoms with Crippen molar-refractivity contribution in [1.29, 1.82) is 0 Å². The molecule has 21 heavy (non-hydrogen) atoms. The second kappa shape index (κ2) is 6.62. The van der Waals surface area contributed by atoms with Gasteiger partial charge in [-0.1, -0.05) is 6.92 Å². The van der Waals surface area contributed by atoms with E-state index in [-0.39, 0.29) is 12.5 Å². The molecule has 0 aliphatic rings. The molecule has 0 aliphatic carbocycles. The lowest BCUT2D eigenvalue weighted by Gasteiger charge is -2.09. The number of rotatable bonds is 6. The van der Waals surface area contributed by atoms with E-state index in [0.29, 0.717) is 22.8 Å². The van der Waals surface area contributed by atoms with Crippen LogP contribution in [0.25, 0.3) is 11.0 Å². The van der Waals surface area contributed by atoms with Crippen LogP contribution in [0.2, 0.25) is 0 Å². The third-order valence-electron chi connectivity index (χ3n) is 3.15. The Kier molecular flexibility index (Phi) is 4.85. The predicted octanol–water partition coefficient (Wildman–Crippen LogP) is 2.24. The fraction of sp³-hybridized carbons (Fsp3) is 0.429. The molecule has 2 rings (SSSR count). The summed E-state index contributed by atoms with van der Waals surface area (Å²) in [6.07, 6.45) is 0.899. The molecular formula is C14H19N3O3S. The number of carbonyl (C=O) groups excluding carboxylic acids is 1. The van der Waals surface area contributed by atoms with Crippen molar-refractivity contribution < 1.29 is 14.3 Å². The molecule has 0 bridgehead atoms. The topological polar surface area (TPSA) is 68.3 Å². The van der Waals surface area contributed by atoms with Crippen molar-refractivity contribution >= 4 is 29.2 Å². The average molecular weight is 309 g/mol. The van der Waals surface area contributed by atoms with Gasteiger partial charge in [0.15, 0.2) is 16.3 Å². The van der Waals surface area contributed by atoms with E-state index in [9.17, 15) is 4.79 Å². The Hall–Kier alpha value is -2.02. The highest BCUT2D eigenvalue weighted by Gasteiger charge is 2.13. The second-order valence-electron chi connectivity index (χ2n) is 4.59. The molecule has 1 aromatic heterocycles. The van der Waals surface area contributed by atoms with Gasteiger partial charge >= 0.3 is 0 Å². The highest BCUT2D eigenvalue weighted by molar-refractivity contribution is 7.71. The maximum absolute atomic E-state index is 11.9. The molecule has 1 aromatic carbocycles. The summed E-state index contributed by atoms with van der Waals surface area (Å²) in [5, 5.41) is 2.84. The van der Waals surface area contributed by atoms with Gasteiger partial charge in [-0.2, -0.15) is 0 Å². The molecule has 0 aliphatic heterocycles. The maximum Gasteiger partial charge on any atom is 0.240 e. The van der Waals surface area contributed by atoms with E-state index in [1.54, 1.807) is 18.8 Å². The van der Waals surface area contributed by atoms with Gasteiger partial charge in [-0.3, -0.25) is 4.79 Å². The van der Waals surface area contributed by atoms with E-state index in [1.807, 2.05) is 19.1 Å². The molecule has 2 aromatic rings. The summed E-state index contributed by atoms with van der Waals surface area (Å²) in [6, 6.07) is 3.62. The molecule has 2 N–H and O–H groups in total. The van der Waals surface area contributed by atoms with Crippen molar-refractivity contribution in [2.75, 3.05) is 20.8 Å². The molecular weight excluding hydrogens is 290 g/mol. The minimum Gasteiger partial charge on any atom is -0.493 e. The number of hydrogen-bond donors (Lipinski definition) is 2. The smallest absolute Gasteiger partial charge is 0.240 e. The third kappa shape index (κ3) is 3.18. The van der Waals surface area contributed by atoms with E-state index in [2.05, 4.69) is 10.3 Å². The average Bonchev–Trinajstić information content (AvgIpc) is 2.78. The number of imidazole rings is 1. The summed E-state index contributed by atoms with van der Waals surface area (Å²) in [5.74, 6) is 1.15. The number of ether oxygens (including phenoxy) is 2. The van der Waals surface area contributed by atoms with Crippen molar-refractivity contribution in [2.24, 2.45) is 0 Å². The molecule has 0 spiro atoms. The van der Waals surface area contributed by atoms with Crippen LogP contribution < -0.4 is 14.8 Å². The zero-order valence-electron chi connectivity index (χ0n) is 12.4. The fourth-order valence-corrected chi connectivity index (χ4v) is 2.38. The van der Waals surface area contributed by atoms with Crippen LogP contribution in [0.1, 0.15) is 13.3 Å². The van der Waals surface area contributed by atoms with E-state index in [0.717, 1.165) is 17.5 Å². The molecule has 0 radical (unpaired) electrons. The number of nitrogens with zero attached hydrogens (tertiary/aromatic N) is 1. The summed E-state index contributed by atoms with van der Waals surface area (Å²) >= 11 is 5.29. The first-order valence-electron chi connectivity index (χ1n) is 6.72. The van der Waals surface area contributed by atoms with Crippen molar-refractivity contribution in [3.05, 3.63) is 16.9 Å². The number of aromatic nitrogens is 2. The number of amides is 1. The number of hydrogen-bond acceptors (Lipinski definition) is 4. The molecule has 7 heteroatoms. The summed E-state index contributed by atoms with van der Waals surface area (Å²) in [5.41, 5.74) is 1.62. The summed E-state index contributed by atoms with van der Waals surface area (Å²) in [4.78, 5) is 15.0. The number of methoxy groups -OCH3 is 2. The van der Waals surface area contributed by atoms with E-state index in [1.165, 1.54) is 0 Å². The minimum atomic E-state index is -0.0661. The quantitative estimate of drug-likeness (QED) is 0.803. The SMILES string of the molecule is CCCNC(=O)Cn1c(=S)[nH]c2cc(OC)c(OC)cc21. The largest absolute Gasteiger partial charge is 0.493 e. The number of carbonyl (C=O) groups is 1. The Labute approximate surface area is 128 Å². The van der Waals surface area contributed by atoms with E-state index >= 15 is 0 Å². The Morgan fingerprint density at radius 3 is 2.62 bits per heavy atom. The van der Waals surface area contributed by atoms with Gasteiger partial charge in [0, 0.05) is 18.7 Å². The van der Waals surface area contributed by atoms with Gasteiger partial charge in [0.25, 0.3) is 0 Å². The van der Waals surface area contributed by atoms with Crippen LogP contribution in [0.3, 0.4) is 0 Å². The lowest BCUT2D eigenvalue weighted by atomic mass is 10.2. The first-order chi connectivity index (χ1) is 10.1. The minimum absolute atomic E-state index is 0.0661. The highest BCUT2D eigenvalue weighted by atomic mass is 32.1. The van der Waals surface area contributed by atoms with Crippen LogP contribution in [-0.2, 0) is 11.3 Å². The Morgan fingerprint density at radius 2 is 2.00 bits per heavy atom. The normalized spacial score (nSPS) is 10.6. The summed E-state index contributed by atoms with van der Waals surface area (Å²) in [6.45, 7) is 2.84. The Bertz CT molecular complexity index is 705. The van der Waals surface area contributed by atoms with E-state index < -0.39 is 0 Å². The van der Waals surface area contributed by atoms with E-state index in [4.69, 9.17) is 21.7 Å². The molecule has 0 saturated heterocycles. The monoisotopic (exact) mass is 309 g/mol. The van der Waals surface area contributed by atoms with Crippen molar-refractivity contribution in [3.63, 3.8) is 0 Å². The van der Waals surface area contributed by atoms with Crippen molar-refractivity contribution in [2.45, 2.75) is 19.9 Å². The van der Waals surface area contributed by atoms with Crippen LogP contribution in [0, 0.1) is 4.77 Å². The molecule has 114 valence electrons. The number of benzene rings is 1. The molecule has 0 saturated carbocycles. The van der Waals surface area contributed by atoms with Gasteiger partial charge in [-0.25, -0.2) is 0 Å². The molecule has 0 unspecified atom stereocenters. The van der Waals surface area contributed by atoms with Crippen LogP contribution in [0.5, 0.6) is 11.5 Å². The van der Waals surface area contributed by atoms with Gasteiger partial charge in [-0.15, -0.1) is 0 Å². The van der Waals surface area contributed by atoms with Gasteiger partial charge in [0.2, 0.25) is 5.91 Å². The molecule has 0 atom stereocenters. The van der Waals surface area contributed by atoms with Gasteiger partial charge < -0.3 is 24.3 Å².